The van der Waals surface area contributed by atoms with Crippen molar-refractivity contribution in [2.75, 3.05) is 0 Å². The van der Waals surface area contributed by atoms with Crippen molar-refractivity contribution in [3.05, 3.63) is 65.5 Å². The first-order chi connectivity index (χ1) is 8.29. The number of hydrogen-bond donors (Lipinski definition) is 0. The second-order valence-electron chi connectivity index (χ2n) is 3.85. The standard InChI is InChI=1S/C15H14NO/c1-16-11-3-2-4-15(16)10-9-13-5-7-14(12-17)8-6-13/h2-12H,1H3/q+1/b10-9+. The second kappa shape index (κ2) is 5.21. The Morgan fingerprint density at radius 3 is 2.29 bits per heavy atom. The highest BCUT2D eigenvalue weighted by Gasteiger charge is 1.98. The topological polar surface area (TPSA) is 20.9 Å². The summed E-state index contributed by atoms with van der Waals surface area (Å²) in [5.41, 5.74) is 2.92. The smallest absolute Gasteiger partial charge is 0.204 e. The van der Waals surface area contributed by atoms with E-state index in [0.29, 0.717) is 5.56 Å². The molecule has 0 unspecified atom stereocenters. The molecule has 2 rings (SSSR count). The summed E-state index contributed by atoms with van der Waals surface area (Å²) in [5, 5.41) is 0. The molecule has 2 aromatic rings. The van der Waals surface area contributed by atoms with Gasteiger partial charge in [-0.05, 0) is 17.7 Å². The highest BCUT2D eigenvalue weighted by molar-refractivity contribution is 5.76. The van der Waals surface area contributed by atoms with Gasteiger partial charge >= 0.3 is 0 Å². The lowest BCUT2D eigenvalue weighted by molar-refractivity contribution is -0.673. The van der Waals surface area contributed by atoms with Gasteiger partial charge in [0.15, 0.2) is 6.20 Å². The van der Waals surface area contributed by atoms with Crippen LogP contribution in [-0.2, 0) is 7.05 Å². The molecule has 0 spiro atoms. The van der Waals surface area contributed by atoms with E-state index in [2.05, 4.69) is 16.7 Å². The summed E-state index contributed by atoms with van der Waals surface area (Å²) >= 11 is 0. The van der Waals surface area contributed by atoms with Gasteiger partial charge < -0.3 is 0 Å². The van der Waals surface area contributed by atoms with Crippen molar-refractivity contribution in [2.24, 2.45) is 7.05 Å². The number of aldehydes is 1. The van der Waals surface area contributed by atoms with Gasteiger partial charge in [0.05, 0.1) is 0 Å². The number of carbonyl (C=O) groups is 1. The van der Waals surface area contributed by atoms with Crippen molar-refractivity contribution in [2.45, 2.75) is 0 Å². The van der Waals surface area contributed by atoms with Crippen LogP contribution in [0.2, 0.25) is 0 Å². The van der Waals surface area contributed by atoms with Crippen LogP contribution in [0.4, 0.5) is 0 Å². The summed E-state index contributed by atoms with van der Waals surface area (Å²) in [6, 6.07) is 13.6. The first kappa shape index (κ1) is 11.3. The van der Waals surface area contributed by atoms with Crippen molar-refractivity contribution >= 4 is 18.4 Å². The molecule has 0 aliphatic rings. The van der Waals surface area contributed by atoms with E-state index in [0.717, 1.165) is 17.5 Å². The summed E-state index contributed by atoms with van der Waals surface area (Å²) < 4.78 is 2.05. The van der Waals surface area contributed by atoms with Gasteiger partial charge in [0.1, 0.15) is 13.3 Å². The molecule has 0 bridgehead atoms. The van der Waals surface area contributed by atoms with Crippen LogP contribution < -0.4 is 4.57 Å². The average Bonchev–Trinajstić information content (AvgIpc) is 2.38. The Balaban J connectivity index is 2.20. The molecule has 2 nitrogen and oxygen atoms in total. The molecular formula is C15H14NO+. The van der Waals surface area contributed by atoms with Crippen LogP contribution in [0.1, 0.15) is 21.6 Å². The summed E-state index contributed by atoms with van der Waals surface area (Å²) in [7, 11) is 2.01. The number of pyridine rings is 1. The zero-order valence-corrected chi connectivity index (χ0v) is 9.71. The average molecular weight is 224 g/mol. The van der Waals surface area contributed by atoms with E-state index in [1.807, 2.05) is 55.7 Å². The number of benzene rings is 1. The van der Waals surface area contributed by atoms with Crippen molar-refractivity contribution < 1.29 is 9.36 Å². The Hall–Kier alpha value is -2.22. The molecule has 0 aliphatic heterocycles. The van der Waals surface area contributed by atoms with Crippen molar-refractivity contribution in [3.8, 4) is 0 Å². The van der Waals surface area contributed by atoms with Gasteiger partial charge in [0.2, 0.25) is 5.69 Å². The number of aryl methyl sites for hydroxylation is 1. The maximum Gasteiger partial charge on any atom is 0.204 e. The van der Waals surface area contributed by atoms with E-state index < -0.39 is 0 Å². The number of carbonyl (C=O) groups excluding carboxylic acids is 1. The Kier molecular flexibility index (Phi) is 3.46. The monoisotopic (exact) mass is 224 g/mol. The number of aromatic nitrogens is 1. The molecule has 0 saturated heterocycles. The second-order valence-corrected chi connectivity index (χ2v) is 3.85. The summed E-state index contributed by atoms with van der Waals surface area (Å²) in [6.07, 6.45) is 6.94. The van der Waals surface area contributed by atoms with Crippen LogP contribution >= 0.6 is 0 Å². The van der Waals surface area contributed by atoms with E-state index in [1.165, 1.54) is 0 Å². The summed E-state index contributed by atoms with van der Waals surface area (Å²) in [6.45, 7) is 0. The highest BCUT2D eigenvalue weighted by atomic mass is 16.1. The molecule has 0 fully saturated rings. The molecule has 0 saturated carbocycles. The molecule has 0 radical (unpaired) electrons. The molecule has 2 heteroatoms. The van der Waals surface area contributed by atoms with E-state index in [1.54, 1.807) is 0 Å². The minimum absolute atomic E-state index is 0.701. The van der Waals surface area contributed by atoms with Gasteiger partial charge in [0.25, 0.3) is 0 Å². The molecule has 1 heterocycles. The number of rotatable bonds is 3. The molecular weight excluding hydrogens is 210 g/mol. The van der Waals surface area contributed by atoms with Crippen LogP contribution in [0.15, 0.2) is 48.7 Å². The van der Waals surface area contributed by atoms with Crippen LogP contribution in [0.3, 0.4) is 0 Å². The third kappa shape index (κ3) is 2.88. The largest absolute Gasteiger partial charge is 0.298 e. The Morgan fingerprint density at radius 2 is 1.65 bits per heavy atom. The number of hydrogen-bond acceptors (Lipinski definition) is 1. The van der Waals surface area contributed by atoms with Gasteiger partial charge in [-0.3, -0.25) is 4.79 Å². The van der Waals surface area contributed by atoms with Crippen LogP contribution in [0, 0.1) is 0 Å². The first-order valence-corrected chi connectivity index (χ1v) is 5.47. The maximum absolute atomic E-state index is 10.5. The molecule has 1 aromatic carbocycles. The maximum atomic E-state index is 10.5. The third-order valence-corrected chi connectivity index (χ3v) is 2.61. The third-order valence-electron chi connectivity index (χ3n) is 2.61. The quantitative estimate of drug-likeness (QED) is 0.579. The van der Waals surface area contributed by atoms with E-state index in [4.69, 9.17) is 0 Å². The predicted molar refractivity (Wildman–Crippen MR) is 68.4 cm³/mol. The highest BCUT2D eigenvalue weighted by Crippen LogP contribution is 2.06. The van der Waals surface area contributed by atoms with Gasteiger partial charge in [0, 0.05) is 23.8 Å². The van der Waals surface area contributed by atoms with Crippen molar-refractivity contribution in [1.82, 2.24) is 0 Å². The fourth-order valence-corrected chi connectivity index (χ4v) is 1.58. The van der Waals surface area contributed by atoms with Crippen LogP contribution in [0.25, 0.3) is 12.2 Å². The molecule has 17 heavy (non-hydrogen) atoms. The fourth-order valence-electron chi connectivity index (χ4n) is 1.58. The summed E-state index contributed by atoms with van der Waals surface area (Å²) in [5.74, 6) is 0. The summed E-state index contributed by atoms with van der Waals surface area (Å²) in [4.78, 5) is 10.5. The lowest BCUT2D eigenvalue weighted by atomic mass is 10.1. The minimum Gasteiger partial charge on any atom is -0.298 e. The van der Waals surface area contributed by atoms with Crippen LogP contribution in [-0.4, -0.2) is 6.29 Å². The molecule has 1 aromatic heterocycles. The van der Waals surface area contributed by atoms with Gasteiger partial charge in [-0.25, -0.2) is 4.57 Å². The van der Waals surface area contributed by atoms with Crippen LogP contribution in [0.5, 0.6) is 0 Å². The predicted octanol–water partition coefficient (Wildman–Crippen LogP) is 2.49. The zero-order valence-electron chi connectivity index (χ0n) is 9.71. The van der Waals surface area contributed by atoms with E-state index in [9.17, 15) is 4.79 Å². The molecule has 0 amide bonds. The molecule has 0 N–H and O–H groups in total. The van der Waals surface area contributed by atoms with Gasteiger partial charge in [-0.1, -0.05) is 24.3 Å². The molecule has 0 atom stereocenters. The molecule has 84 valence electrons. The van der Waals surface area contributed by atoms with E-state index in [-0.39, 0.29) is 0 Å². The van der Waals surface area contributed by atoms with Crippen molar-refractivity contribution in [3.63, 3.8) is 0 Å². The van der Waals surface area contributed by atoms with E-state index >= 15 is 0 Å². The Bertz CT molecular complexity index is 541. The van der Waals surface area contributed by atoms with Crippen molar-refractivity contribution in [1.29, 1.82) is 0 Å². The van der Waals surface area contributed by atoms with Gasteiger partial charge in [-0.2, -0.15) is 0 Å². The SMILES string of the molecule is C[n+]1ccccc1/C=C/c1ccc(C=O)cc1. The first-order valence-electron chi connectivity index (χ1n) is 5.47. The Labute approximate surface area is 101 Å². The zero-order chi connectivity index (χ0) is 12.1. The lowest BCUT2D eigenvalue weighted by Gasteiger charge is -1.94. The molecule has 0 aliphatic carbocycles. The normalized spacial score (nSPS) is 10.6. The lowest BCUT2D eigenvalue weighted by Crippen LogP contribution is -2.30. The van der Waals surface area contributed by atoms with Gasteiger partial charge in [-0.15, -0.1) is 0 Å². The Morgan fingerprint density at radius 1 is 0.941 bits per heavy atom. The number of nitrogens with zero attached hydrogens (tertiary/aromatic N) is 1. The fraction of sp³-hybridized carbons (Fsp3) is 0.0667. The minimum atomic E-state index is 0.701.